The Labute approximate surface area is 223 Å². The zero-order valence-electron chi connectivity index (χ0n) is 22.3. The SMILES string of the molecule is COc1ccc2cc3n(c2c1)C[C@](C)(C(=O)NCCCN1C[C@@H](C)C[C@H](C)C1)N(Cc1cccs1)C3=O. The van der Waals surface area contributed by atoms with Gasteiger partial charge in [-0.1, -0.05) is 19.9 Å². The van der Waals surface area contributed by atoms with Crippen molar-refractivity contribution in [3.8, 4) is 5.75 Å². The van der Waals surface area contributed by atoms with E-state index in [2.05, 4.69) is 24.1 Å². The van der Waals surface area contributed by atoms with Crippen molar-refractivity contribution in [2.75, 3.05) is 33.3 Å². The van der Waals surface area contributed by atoms with Crippen molar-refractivity contribution < 1.29 is 14.3 Å². The molecule has 5 rings (SSSR count). The highest BCUT2D eigenvalue weighted by Crippen LogP contribution is 2.35. The minimum Gasteiger partial charge on any atom is -0.497 e. The third kappa shape index (κ3) is 5.14. The van der Waals surface area contributed by atoms with E-state index in [0.717, 1.165) is 59.4 Å². The van der Waals surface area contributed by atoms with Crippen molar-refractivity contribution in [2.24, 2.45) is 11.8 Å². The van der Waals surface area contributed by atoms with Crippen LogP contribution in [0.1, 0.15) is 49.0 Å². The summed E-state index contributed by atoms with van der Waals surface area (Å²) < 4.78 is 7.43. The summed E-state index contributed by atoms with van der Waals surface area (Å²) in [5.74, 6) is 1.95. The molecule has 0 radical (unpaired) electrons. The lowest BCUT2D eigenvalue weighted by atomic mass is 9.92. The number of ether oxygens (including phenoxy) is 1. The number of benzene rings is 1. The number of amides is 2. The molecule has 4 heterocycles. The molecular weight excluding hydrogens is 484 g/mol. The van der Waals surface area contributed by atoms with Crippen molar-refractivity contribution in [3.63, 3.8) is 0 Å². The summed E-state index contributed by atoms with van der Waals surface area (Å²) in [6.45, 7) is 11.2. The number of fused-ring (bicyclic) bond motifs is 3. The predicted octanol–water partition coefficient (Wildman–Crippen LogP) is 4.61. The van der Waals surface area contributed by atoms with Crippen LogP contribution in [0.15, 0.2) is 41.8 Å². The molecule has 1 fully saturated rings. The molecule has 0 spiro atoms. The van der Waals surface area contributed by atoms with Gasteiger partial charge >= 0.3 is 0 Å². The Morgan fingerprint density at radius 1 is 1.19 bits per heavy atom. The van der Waals surface area contributed by atoms with Crippen molar-refractivity contribution in [3.05, 3.63) is 52.3 Å². The molecule has 0 aliphatic carbocycles. The topological polar surface area (TPSA) is 66.8 Å². The lowest BCUT2D eigenvalue weighted by Gasteiger charge is -2.44. The first-order valence-electron chi connectivity index (χ1n) is 13.3. The van der Waals surface area contributed by atoms with E-state index in [9.17, 15) is 9.59 Å². The van der Waals surface area contributed by atoms with E-state index < -0.39 is 5.54 Å². The number of carbonyl (C=O) groups is 2. The predicted molar refractivity (Wildman–Crippen MR) is 148 cm³/mol. The molecule has 8 heteroatoms. The van der Waals surface area contributed by atoms with Crippen molar-refractivity contribution in [1.82, 2.24) is 19.7 Å². The molecule has 0 saturated carbocycles. The van der Waals surface area contributed by atoms with Gasteiger partial charge < -0.3 is 24.4 Å². The Morgan fingerprint density at radius 3 is 2.68 bits per heavy atom. The number of nitrogens with zero attached hydrogens (tertiary/aromatic N) is 3. The van der Waals surface area contributed by atoms with Gasteiger partial charge in [-0.2, -0.15) is 0 Å². The van der Waals surface area contributed by atoms with Crippen molar-refractivity contribution in [2.45, 2.75) is 52.2 Å². The first-order valence-corrected chi connectivity index (χ1v) is 14.2. The number of aromatic nitrogens is 1. The molecule has 0 bridgehead atoms. The standard InChI is InChI=1S/C29H38N4O3S/c1-20-13-21(2)17-31(16-20)11-6-10-30-28(35)29(3)19-32-25-15-23(36-4)9-8-22(25)14-26(32)27(34)33(29)18-24-7-5-12-37-24/h5,7-9,12,14-15,20-21H,6,10-11,13,16-19H2,1-4H3,(H,30,35)/t20-,21-,29+/m0/s1. The molecular formula is C29H38N4O3S. The fourth-order valence-corrected chi connectivity index (χ4v) is 6.83. The summed E-state index contributed by atoms with van der Waals surface area (Å²) in [6, 6.07) is 11.7. The monoisotopic (exact) mass is 522 g/mol. The van der Waals surface area contributed by atoms with Gasteiger partial charge in [0.05, 0.1) is 25.7 Å². The Bertz CT molecular complexity index is 1260. The maximum absolute atomic E-state index is 13.9. The number of hydrogen-bond acceptors (Lipinski definition) is 5. The fourth-order valence-electron chi connectivity index (χ4n) is 6.13. The van der Waals surface area contributed by atoms with Gasteiger partial charge in [0.25, 0.3) is 5.91 Å². The minimum atomic E-state index is -1.02. The molecule has 0 unspecified atom stereocenters. The smallest absolute Gasteiger partial charge is 0.271 e. The molecule has 1 aromatic carbocycles. The fraction of sp³-hybridized carbons (Fsp3) is 0.517. The van der Waals surface area contributed by atoms with Gasteiger partial charge in [-0.05, 0) is 67.8 Å². The van der Waals surface area contributed by atoms with E-state index in [1.807, 2.05) is 53.3 Å². The molecule has 37 heavy (non-hydrogen) atoms. The van der Waals surface area contributed by atoms with E-state index in [1.54, 1.807) is 23.3 Å². The van der Waals surface area contributed by atoms with Crippen molar-refractivity contribution in [1.29, 1.82) is 0 Å². The highest BCUT2D eigenvalue weighted by atomic mass is 32.1. The number of hydrogen-bond donors (Lipinski definition) is 1. The molecule has 3 atom stereocenters. The summed E-state index contributed by atoms with van der Waals surface area (Å²) in [7, 11) is 1.64. The number of carbonyl (C=O) groups excluding carboxylic acids is 2. The lowest BCUT2D eigenvalue weighted by Crippen LogP contribution is -2.63. The average molecular weight is 523 g/mol. The van der Waals surface area contributed by atoms with E-state index in [1.165, 1.54) is 6.42 Å². The van der Waals surface area contributed by atoms with E-state index in [0.29, 0.717) is 25.3 Å². The summed E-state index contributed by atoms with van der Waals surface area (Å²) in [6.07, 6.45) is 2.19. The lowest BCUT2D eigenvalue weighted by molar-refractivity contribution is -0.133. The first kappa shape index (κ1) is 25.8. The zero-order valence-corrected chi connectivity index (χ0v) is 23.1. The van der Waals surface area contributed by atoms with Gasteiger partial charge in [-0.25, -0.2) is 0 Å². The number of rotatable bonds is 8. The molecule has 1 saturated heterocycles. The Balaban J connectivity index is 1.36. The Morgan fingerprint density at radius 2 is 1.97 bits per heavy atom. The van der Waals surface area contributed by atoms with Crippen LogP contribution in [-0.2, 0) is 17.9 Å². The molecule has 2 amide bonds. The van der Waals surface area contributed by atoms with Crippen LogP contribution in [0, 0.1) is 11.8 Å². The van der Waals surface area contributed by atoms with Crippen LogP contribution in [0.2, 0.25) is 0 Å². The van der Waals surface area contributed by atoms with Crippen LogP contribution in [0.25, 0.3) is 10.9 Å². The minimum absolute atomic E-state index is 0.104. The van der Waals surface area contributed by atoms with E-state index >= 15 is 0 Å². The third-order valence-corrected chi connectivity index (χ3v) is 8.76. The van der Waals surface area contributed by atoms with E-state index in [4.69, 9.17) is 4.74 Å². The van der Waals surface area contributed by atoms with Gasteiger partial charge in [-0.15, -0.1) is 11.3 Å². The van der Waals surface area contributed by atoms with Gasteiger partial charge in [0.1, 0.15) is 17.0 Å². The van der Waals surface area contributed by atoms with Gasteiger partial charge in [0.15, 0.2) is 0 Å². The molecule has 2 aliphatic rings. The molecule has 7 nitrogen and oxygen atoms in total. The zero-order chi connectivity index (χ0) is 26.2. The van der Waals surface area contributed by atoms with Gasteiger partial charge in [-0.3, -0.25) is 9.59 Å². The molecule has 3 aromatic rings. The molecule has 2 aromatic heterocycles. The van der Waals surface area contributed by atoms with Crippen LogP contribution in [0.5, 0.6) is 5.75 Å². The molecule has 1 N–H and O–H groups in total. The number of likely N-dealkylation sites (tertiary alicyclic amines) is 1. The summed E-state index contributed by atoms with van der Waals surface area (Å²) in [5, 5.41) is 6.16. The van der Waals surface area contributed by atoms with Crippen LogP contribution >= 0.6 is 11.3 Å². The van der Waals surface area contributed by atoms with Crippen LogP contribution in [0.3, 0.4) is 0 Å². The first-order chi connectivity index (χ1) is 17.8. The van der Waals surface area contributed by atoms with Crippen LogP contribution < -0.4 is 10.1 Å². The molecule has 2 aliphatic heterocycles. The maximum atomic E-state index is 13.9. The normalized spacial score (nSPS) is 24.3. The van der Waals surface area contributed by atoms with Crippen molar-refractivity contribution >= 4 is 34.1 Å². The molecule has 198 valence electrons. The second-order valence-corrected chi connectivity index (χ2v) is 12.1. The third-order valence-electron chi connectivity index (χ3n) is 7.90. The second-order valence-electron chi connectivity index (χ2n) is 11.1. The van der Waals surface area contributed by atoms with E-state index in [-0.39, 0.29) is 11.8 Å². The maximum Gasteiger partial charge on any atom is 0.271 e. The summed E-state index contributed by atoms with van der Waals surface area (Å²) in [5.41, 5.74) is 0.501. The highest BCUT2D eigenvalue weighted by Gasteiger charge is 2.47. The quantitative estimate of drug-likeness (QED) is 0.439. The number of nitrogens with one attached hydrogen (secondary N) is 1. The van der Waals surface area contributed by atoms with Crippen LogP contribution in [0.4, 0.5) is 0 Å². The highest BCUT2D eigenvalue weighted by molar-refractivity contribution is 7.09. The number of piperidine rings is 1. The second kappa shape index (κ2) is 10.5. The average Bonchev–Trinajstić information content (AvgIpc) is 3.51. The van der Waals surface area contributed by atoms with Gasteiger partial charge in [0, 0.05) is 36.0 Å². The largest absolute Gasteiger partial charge is 0.497 e. The summed E-state index contributed by atoms with van der Waals surface area (Å²) in [4.78, 5) is 33.0. The number of thiophene rings is 1. The number of methoxy groups -OCH3 is 1. The van der Waals surface area contributed by atoms with Gasteiger partial charge in [0.2, 0.25) is 5.91 Å². The Kier molecular flexibility index (Phi) is 7.32. The Hall–Kier alpha value is -2.84. The van der Waals surface area contributed by atoms with Crippen LogP contribution in [-0.4, -0.2) is 65.0 Å². The summed E-state index contributed by atoms with van der Waals surface area (Å²) >= 11 is 1.61.